The molecular formula is C26H25ClF3N3O4S. The number of carbonyl (C=O) groups is 2. The summed E-state index contributed by atoms with van der Waals surface area (Å²) in [5.41, 5.74) is -0.997. The van der Waals surface area contributed by atoms with Gasteiger partial charge in [0.2, 0.25) is 11.8 Å². The predicted molar refractivity (Wildman–Crippen MR) is 138 cm³/mol. The number of anilines is 1. The number of carbonyl (C=O) groups excluding carboxylic acids is 2. The fourth-order valence-corrected chi connectivity index (χ4v) is 5.36. The molecule has 0 radical (unpaired) electrons. The van der Waals surface area contributed by atoms with E-state index in [1.165, 1.54) is 43.1 Å². The van der Waals surface area contributed by atoms with Crippen LogP contribution in [-0.2, 0) is 32.3 Å². The van der Waals surface area contributed by atoms with Crippen LogP contribution in [0.2, 0.25) is 5.02 Å². The minimum absolute atomic E-state index is 0.0398. The molecular weight excluding hydrogens is 543 g/mol. The Kier molecular flexibility index (Phi) is 9.05. The van der Waals surface area contributed by atoms with Crippen molar-refractivity contribution in [2.75, 3.05) is 17.9 Å². The lowest BCUT2D eigenvalue weighted by atomic mass is 10.1. The van der Waals surface area contributed by atoms with E-state index in [1.54, 1.807) is 36.4 Å². The van der Waals surface area contributed by atoms with E-state index in [1.807, 2.05) is 0 Å². The van der Waals surface area contributed by atoms with Crippen molar-refractivity contribution >= 4 is 39.1 Å². The van der Waals surface area contributed by atoms with E-state index in [4.69, 9.17) is 11.6 Å². The van der Waals surface area contributed by atoms with Gasteiger partial charge in [0, 0.05) is 13.6 Å². The normalized spacial score (nSPS) is 12.5. The molecule has 0 aliphatic heterocycles. The molecule has 0 spiro atoms. The zero-order valence-corrected chi connectivity index (χ0v) is 22.0. The Balaban J connectivity index is 2.11. The quantitative estimate of drug-likeness (QED) is 0.405. The minimum Gasteiger partial charge on any atom is -0.357 e. The van der Waals surface area contributed by atoms with Crippen LogP contribution in [0.4, 0.5) is 18.9 Å². The van der Waals surface area contributed by atoms with Gasteiger partial charge in [-0.3, -0.25) is 13.9 Å². The standard InChI is InChI=1S/C26H25ClF3N3O4S/c1-18(25(35)31-2)32(16-19-9-5-3-6-10-19)24(34)17-33(38(36,37)21-11-7-4-8-12-21)20-13-14-23(27)22(15-20)26(28,29)30/h3-15,18H,16-17H2,1-2H3,(H,31,35)/t18-/m0/s1. The maximum Gasteiger partial charge on any atom is 0.417 e. The fraction of sp³-hybridized carbons (Fsp3) is 0.231. The molecule has 3 rings (SSSR count). The summed E-state index contributed by atoms with van der Waals surface area (Å²) in [4.78, 5) is 27.0. The van der Waals surface area contributed by atoms with E-state index in [-0.39, 0.29) is 11.4 Å². The molecule has 0 unspecified atom stereocenters. The first kappa shape index (κ1) is 29.0. The first-order valence-corrected chi connectivity index (χ1v) is 13.2. The molecule has 38 heavy (non-hydrogen) atoms. The summed E-state index contributed by atoms with van der Waals surface area (Å²) in [7, 11) is -3.12. The number of hydrogen-bond donors (Lipinski definition) is 1. The fourth-order valence-electron chi connectivity index (χ4n) is 3.71. The first-order valence-electron chi connectivity index (χ1n) is 11.4. The molecule has 12 heteroatoms. The van der Waals surface area contributed by atoms with Crippen LogP contribution in [-0.4, -0.2) is 44.8 Å². The lowest BCUT2D eigenvalue weighted by Crippen LogP contribution is -2.50. The number of hydrogen-bond acceptors (Lipinski definition) is 4. The van der Waals surface area contributed by atoms with E-state index < -0.39 is 56.9 Å². The van der Waals surface area contributed by atoms with E-state index >= 15 is 0 Å². The van der Waals surface area contributed by atoms with Gasteiger partial charge in [-0.2, -0.15) is 13.2 Å². The lowest BCUT2D eigenvalue weighted by Gasteiger charge is -2.32. The van der Waals surface area contributed by atoms with Gasteiger partial charge < -0.3 is 10.2 Å². The minimum atomic E-state index is -4.87. The van der Waals surface area contributed by atoms with Crippen molar-refractivity contribution in [2.24, 2.45) is 0 Å². The highest BCUT2D eigenvalue weighted by atomic mass is 35.5. The van der Waals surface area contributed by atoms with Gasteiger partial charge in [-0.05, 0) is 42.8 Å². The molecule has 0 fully saturated rings. The topological polar surface area (TPSA) is 86.8 Å². The maximum absolute atomic E-state index is 13.6. The molecule has 7 nitrogen and oxygen atoms in total. The van der Waals surface area contributed by atoms with E-state index in [0.29, 0.717) is 15.9 Å². The Labute approximate surface area is 223 Å². The highest BCUT2D eigenvalue weighted by molar-refractivity contribution is 7.92. The Morgan fingerprint density at radius 1 is 0.974 bits per heavy atom. The van der Waals surface area contributed by atoms with Gasteiger partial charge in [0.15, 0.2) is 0 Å². The molecule has 0 saturated heterocycles. The Hall–Kier alpha value is -3.57. The summed E-state index contributed by atoms with van der Waals surface area (Å²) in [6, 6.07) is 17.3. The molecule has 0 aliphatic carbocycles. The third kappa shape index (κ3) is 6.65. The number of benzene rings is 3. The van der Waals surface area contributed by atoms with Gasteiger partial charge >= 0.3 is 6.18 Å². The van der Waals surface area contributed by atoms with E-state index in [9.17, 15) is 31.2 Å². The summed E-state index contributed by atoms with van der Waals surface area (Å²) in [6.45, 7) is 0.561. The van der Waals surface area contributed by atoms with Gasteiger partial charge in [-0.15, -0.1) is 0 Å². The molecule has 0 bridgehead atoms. The summed E-state index contributed by atoms with van der Waals surface area (Å²) < 4.78 is 68.6. The molecule has 0 heterocycles. The third-order valence-corrected chi connectivity index (χ3v) is 7.88. The number of rotatable bonds is 9. The third-order valence-electron chi connectivity index (χ3n) is 5.76. The number of alkyl halides is 3. The highest BCUT2D eigenvalue weighted by Crippen LogP contribution is 2.38. The SMILES string of the molecule is CNC(=O)[C@H](C)N(Cc1ccccc1)C(=O)CN(c1ccc(Cl)c(C(F)(F)F)c1)S(=O)(=O)c1ccccc1. The van der Waals surface area contributed by atoms with E-state index in [0.717, 1.165) is 12.1 Å². The van der Waals surface area contributed by atoms with Crippen molar-refractivity contribution in [1.82, 2.24) is 10.2 Å². The Morgan fingerprint density at radius 2 is 1.55 bits per heavy atom. The largest absolute Gasteiger partial charge is 0.417 e. The number of likely N-dealkylation sites (N-methyl/N-ethyl adjacent to an activating group) is 1. The summed E-state index contributed by atoms with van der Waals surface area (Å²) in [5, 5.41) is 1.83. The van der Waals surface area contributed by atoms with Crippen molar-refractivity contribution in [2.45, 2.75) is 30.6 Å². The smallest absolute Gasteiger partial charge is 0.357 e. The zero-order valence-electron chi connectivity index (χ0n) is 20.4. The molecule has 0 saturated carbocycles. The van der Waals surface area contributed by atoms with Crippen LogP contribution >= 0.6 is 11.6 Å². The number of sulfonamides is 1. The maximum atomic E-state index is 13.6. The zero-order chi connectivity index (χ0) is 28.1. The second-order valence-corrected chi connectivity index (χ2v) is 10.6. The second kappa shape index (κ2) is 11.9. The lowest BCUT2D eigenvalue weighted by molar-refractivity contribution is -0.139. The molecule has 0 aromatic heterocycles. The van der Waals surface area contributed by atoms with Crippen molar-refractivity contribution in [3.63, 3.8) is 0 Å². The number of nitrogens with one attached hydrogen (secondary N) is 1. The molecule has 3 aromatic carbocycles. The second-order valence-electron chi connectivity index (χ2n) is 8.28. The van der Waals surface area contributed by atoms with Gasteiger partial charge in [0.1, 0.15) is 12.6 Å². The molecule has 2 amide bonds. The molecule has 0 aliphatic rings. The molecule has 1 N–H and O–H groups in total. The van der Waals surface area contributed by atoms with Crippen LogP contribution in [0.5, 0.6) is 0 Å². The van der Waals surface area contributed by atoms with Crippen LogP contribution in [0.3, 0.4) is 0 Å². The van der Waals surface area contributed by atoms with Gasteiger partial charge in [0.05, 0.1) is 21.2 Å². The average molecular weight is 568 g/mol. The predicted octanol–water partition coefficient (Wildman–Crippen LogP) is 4.72. The van der Waals surface area contributed by atoms with Crippen LogP contribution in [0.25, 0.3) is 0 Å². The molecule has 3 aromatic rings. The van der Waals surface area contributed by atoms with Gasteiger partial charge in [-0.1, -0.05) is 60.1 Å². The van der Waals surface area contributed by atoms with E-state index in [2.05, 4.69) is 5.32 Å². The highest BCUT2D eigenvalue weighted by Gasteiger charge is 2.36. The molecule has 1 atom stereocenters. The summed E-state index contributed by atoms with van der Waals surface area (Å²) in [5.74, 6) is -1.30. The Bertz CT molecular complexity index is 1390. The van der Waals surface area contributed by atoms with Crippen LogP contribution in [0.1, 0.15) is 18.1 Å². The van der Waals surface area contributed by atoms with Crippen molar-refractivity contribution < 1.29 is 31.2 Å². The monoisotopic (exact) mass is 567 g/mol. The van der Waals surface area contributed by atoms with Crippen LogP contribution in [0.15, 0.2) is 83.8 Å². The van der Waals surface area contributed by atoms with Crippen molar-refractivity contribution in [3.05, 3.63) is 95.0 Å². The summed E-state index contributed by atoms with van der Waals surface area (Å²) in [6.07, 6.45) is -4.87. The first-order chi connectivity index (χ1) is 17.9. The van der Waals surface area contributed by atoms with Crippen LogP contribution in [0, 0.1) is 0 Å². The average Bonchev–Trinajstić information content (AvgIpc) is 2.90. The van der Waals surface area contributed by atoms with Gasteiger partial charge in [-0.25, -0.2) is 8.42 Å². The molecule has 202 valence electrons. The summed E-state index contributed by atoms with van der Waals surface area (Å²) >= 11 is 5.75. The van der Waals surface area contributed by atoms with Crippen molar-refractivity contribution in [1.29, 1.82) is 0 Å². The van der Waals surface area contributed by atoms with Gasteiger partial charge in [0.25, 0.3) is 10.0 Å². The number of halogens is 4. The van der Waals surface area contributed by atoms with Crippen LogP contribution < -0.4 is 9.62 Å². The number of amides is 2. The number of nitrogens with zero attached hydrogens (tertiary/aromatic N) is 2. The Morgan fingerprint density at radius 3 is 2.11 bits per heavy atom. The van der Waals surface area contributed by atoms with Crippen molar-refractivity contribution in [3.8, 4) is 0 Å².